The van der Waals surface area contributed by atoms with Crippen molar-refractivity contribution in [3.8, 4) is 0 Å². The Hall–Kier alpha value is 0.984. The molecule has 0 aliphatic carbocycles. The van der Waals surface area contributed by atoms with Crippen molar-refractivity contribution in [1.82, 2.24) is 6.10 Å². The van der Waals surface area contributed by atoms with Crippen LogP contribution in [-0.2, 0) is 28.5 Å². The molecule has 3 nitrogen and oxygen atoms in total. The number of nitrogens with zero attached hydrogens (tertiary/aromatic N) is 3. The summed E-state index contributed by atoms with van der Waals surface area (Å²) in [5.41, 5.74) is 0. The first-order valence-corrected chi connectivity index (χ1v) is 7.27. The van der Waals surface area contributed by atoms with Gasteiger partial charge in [-0.05, 0) is 0 Å². The Morgan fingerprint density at radius 2 is 0.800 bits per heavy atom. The third-order valence-corrected chi connectivity index (χ3v) is 8.20. The molecule has 10 heavy (non-hydrogen) atoms. The summed E-state index contributed by atoms with van der Waals surface area (Å²) in [6, 6.07) is 0. The predicted octanol–water partition coefficient (Wildman–Crippen LogP) is 0.0344. The Morgan fingerprint density at radius 1 is 0.600 bits per heavy atom. The molecule has 0 saturated heterocycles. The molecular weight excluding hydrogens is 203 g/mol. The Kier molecular flexibility index (Phi) is 5.25. The first-order valence-electron chi connectivity index (χ1n) is 3.46. The van der Waals surface area contributed by atoms with Crippen molar-refractivity contribution in [2.24, 2.45) is 0 Å². The SMILES string of the molecule is C[N](C)[Y]([N](C)C)[N](C)C. The van der Waals surface area contributed by atoms with Gasteiger partial charge in [-0.2, -0.15) is 0 Å². The second-order valence-electron chi connectivity index (χ2n) is 3.24. The molecule has 0 amide bonds. The summed E-state index contributed by atoms with van der Waals surface area (Å²) in [6.45, 7) is 0. The van der Waals surface area contributed by atoms with E-state index in [1.54, 1.807) is 0 Å². The fourth-order valence-corrected chi connectivity index (χ4v) is 8.20. The van der Waals surface area contributed by atoms with Gasteiger partial charge in [-0.15, -0.1) is 0 Å². The van der Waals surface area contributed by atoms with Crippen molar-refractivity contribution in [2.45, 2.75) is 0 Å². The van der Waals surface area contributed by atoms with Gasteiger partial charge in [-0.3, -0.25) is 0 Å². The zero-order valence-electron chi connectivity index (χ0n) is 7.92. The molecule has 0 atom stereocenters. The molecular formula is C6H18N3Y. The average Bonchev–Trinajstić information content (AvgIpc) is 1.59. The summed E-state index contributed by atoms with van der Waals surface area (Å²) in [5, 5.41) is 0. The van der Waals surface area contributed by atoms with E-state index in [9.17, 15) is 0 Å². The molecule has 0 aromatic rings. The van der Waals surface area contributed by atoms with E-state index in [0.29, 0.717) is 0 Å². The van der Waals surface area contributed by atoms with E-state index in [4.69, 9.17) is 0 Å². The van der Waals surface area contributed by atoms with Crippen LogP contribution < -0.4 is 0 Å². The zero-order valence-corrected chi connectivity index (χ0v) is 10.8. The quantitative estimate of drug-likeness (QED) is 0.666. The van der Waals surface area contributed by atoms with Gasteiger partial charge < -0.3 is 0 Å². The summed E-state index contributed by atoms with van der Waals surface area (Å²) >= 11 is -1.64. The summed E-state index contributed by atoms with van der Waals surface area (Å²) in [6.07, 6.45) is 0. The maximum absolute atomic E-state index is 2.38. The Labute approximate surface area is 76.5 Å². The van der Waals surface area contributed by atoms with Crippen molar-refractivity contribution in [2.75, 3.05) is 42.3 Å². The van der Waals surface area contributed by atoms with Gasteiger partial charge in [0.2, 0.25) is 0 Å². The van der Waals surface area contributed by atoms with Gasteiger partial charge in [-0.25, -0.2) is 0 Å². The van der Waals surface area contributed by atoms with Crippen molar-refractivity contribution in [1.29, 1.82) is 0 Å². The van der Waals surface area contributed by atoms with Crippen LogP contribution in [0.15, 0.2) is 0 Å². The first-order chi connectivity index (χ1) is 4.46. The second kappa shape index (κ2) is 4.78. The molecule has 0 saturated carbocycles. The topological polar surface area (TPSA) is 9.72 Å². The monoisotopic (exact) mass is 221 g/mol. The van der Waals surface area contributed by atoms with Crippen LogP contribution >= 0.6 is 0 Å². The third kappa shape index (κ3) is 3.40. The van der Waals surface area contributed by atoms with Crippen molar-refractivity contribution in [3.63, 3.8) is 0 Å². The van der Waals surface area contributed by atoms with Gasteiger partial charge in [0, 0.05) is 0 Å². The molecule has 0 aromatic carbocycles. The normalized spacial score (nSPS) is 11.7. The third-order valence-electron chi connectivity index (χ3n) is 1.39. The average molecular weight is 221 g/mol. The summed E-state index contributed by atoms with van der Waals surface area (Å²) in [5.74, 6) is 0. The molecule has 0 aromatic heterocycles. The van der Waals surface area contributed by atoms with E-state index in [-0.39, 0.29) is 0 Å². The fraction of sp³-hybridized carbons (Fsp3) is 1.00. The van der Waals surface area contributed by atoms with Crippen LogP contribution in [0.2, 0.25) is 0 Å². The van der Waals surface area contributed by atoms with Crippen LogP contribution in [0.3, 0.4) is 0 Å². The van der Waals surface area contributed by atoms with Crippen LogP contribution in [-0.4, -0.2) is 48.4 Å². The van der Waals surface area contributed by atoms with E-state index >= 15 is 0 Å². The van der Waals surface area contributed by atoms with Crippen molar-refractivity contribution >= 4 is 0 Å². The minimum atomic E-state index is -1.64. The Balaban J connectivity index is 3.98. The van der Waals surface area contributed by atoms with E-state index in [1.807, 2.05) is 0 Å². The summed E-state index contributed by atoms with van der Waals surface area (Å²) < 4.78 is 7.13. The van der Waals surface area contributed by atoms with Gasteiger partial charge >= 0.3 is 76.8 Å². The molecule has 0 aliphatic rings. The van der Waals surface area contributed by atoms with Crippen LogP contribution in [0.25, 0.3) is 0 Å². The zero-order chi connectivity index (χ0) is 8.31. The van der Waals surface area contributed by atoms with E-state index in [0.717, 1.165) is 0 Å². The summed E-state index contributed by atoms with van der Waals surface area (Å²) in [4.78, 5) is 0. The van der Waals surface area contributed by atoms with Crippen LogP contribution in [0, 0.1) is 0 Å². The Morgan fingerprint density at radius 3 is 0.800 bits per heavy atom. The standard InChI is InChI=1S/3C2H6N.Y/c3*1-3-2;/h3*1-2H3;/q3*-1;+3. The molecule has 0 aliphatic heterocycles. The van der Waals surface area contributed by atoms with Gasteiger partial charge in [0.1, 0.15) is 0 Å². The molecule has 4 heteroatoms. The van der Waals surface area contributed by atoms with E-state index in [1.165, 1.54) is 0 Å². The molecule has 0 unspecified atom stereocenters. The Bertz CT molecular complexity index is 74.0. The number of rotatable bonds is 3. The molecule has 0 heterocycles. The molecule has 0 spiro atoms. The molecule has 60 valence electrons. The summed E-state index contributed by atoms with van der Waals surface area (Å²) in [7, 11) is 13.0. The van der Waals surface area contributed by atoms with E-state index < -0.39 is 28.5 Å². The second-order valence-corrected chi connectivity index (χ2v) is 12.6. The minimum absolute atomic E-state index is 1.64. The van der Waals surface area contributed by atoms with E-state index in [2.05, 4.69) is 48.4 Å². The van der Waals surface area contributed by atoms with Crippen molar-refractivity contribution < 1.29 is 28.5 Å². The van der Waals surface area contributed by atoms with Crippen LogP contribution in [0.1, 0.15) is 0 Å². The van der Waals surface area contributed by atoms with Gasteiger partial charge in [-0.1, -0.05) is 0 Å². The molecule has 0 radical (unpaired) electrons. The first kappa shape index (κ1) is 11.0. The van der Waals surface area contributed by atoms with Crippen LogP contribution in [0.4, 0.5) is 0 Å². The van der Waals surface area contributed by atoms with Gasteiger partial charge in [0.25, 0.3) is 0 Å². The molecule has 0 fully saturated rings. The van der Waals surface area contributed by atoms with Crippen molar-refractivity contribution in [3.05, 3.63) is 0 Å². The molecule has 0 N–H and O–H groups in total. The van der Waals surface area contributed by atoms with Gasteiger partial charge in [0.15, 0.2) is 0 Å². The number of hydrogen-bond donors (Lipinski definition) is 0. The van der Waals surface area contributed by atoms with Gasteiger partial charge in [0.05, 0.1) is 0 Å². The maximum atomic E-state index is 2.38. The fourth-order valence-electron chi connectivity index (χ4n) is 1.39. The molecule has 0 rings (SSSR count). The number of hydrogen-bond acceptors (Lipinski definition) is 3. The molecule has 0 bridgehead atoms. The van der Waals surface area contributed by atoms with Crippen LogP contribution in [0.5, 0.6) is 0 Å². The predicted molar refractivity (Wildman–Crippen MR) is 41.1 cm³/mol.